The standard InChI is InChI=1S/C17H20N2O4/c1-17(2,16(22)23-3)19-11-14(10-18-19)13-7-4-12(5-8-13)6-9-15(20)21/h4-5,7-8,10-11H,6,9H2,1-3H3,(H,20,21). The van der Waals surface area contributed by atoms with Gasteiger partial charge in [0, 0.05) is 18.2 Å². The summed E-state index contributed by atoms with van der Waals surface area (Å²) in [6.07, 6.45) is 4.11. The fraction of sp³-hybridized carbons (Fsp3) is 0.353. The first-order valence-corrected chi connectivity index (χ1v) is 7.29. The number of aromatic nitrogens is 2. The monoisotopic (exact) mass is 316 g/mol. The topological polar surface area (TPSA) is 81.4 Å². The number of carbonyl (C=O) groups excluding carboxylic acids is 1. The summed E-state index contributed by atoms with van der Waals surface area (Å²) in [6, 6.07) is 7.65. The number of aliphatic carboxylic acids is 1. The quantitative estimate of drug-likeness (QED) is 0.828. The van der Waals surface area contributed by atoms with Crippen molar-refractivity contribution in [1.29, 1.82) is 0 Å². The molecule has 0 amide bonds. The summed E-state index contributed by atoms with van der Waals surface area (Å²) in [7, 11) is 1.35. The molecule has 0 saturated heterocycles. The number of hydrogen-bond acceptors (Lipinski definition) is 4. The average molecular weight is 316 g/mol. The first-order valence-electron chi connectivity index (χ1n) is 7.29. The molecule has 1 N–H and O–H groups in total. The van der Waals surface area contributed by atoms with Gasteiger partial charge in [-0.1, -0.05) is 24.3 Å². The van der Waals surface area contributed by atoms with Crippen LogP contribution < -0.4 is 0 Å². The van der Waals surface area contributed by atoms with Crippen molar-refractivity contribution in [2.75, 3.05) is 7.11 Å². The molecule has 0 unspecified atom stereocenters. The molecule has 0 aliphatic rings. The predicted octanol–water partition coefficient (Wildman–Crippen LogP) is 2.48. The summed E-state index contributed by atoms with van der Waals surface area (Å²) in [4.78, 5) is 22.4. The van der Waals surface area contributed by atoms with E-state index in [1.54, 1.807) is 30.9 Å². The number of methoxy groups -OCH3 is 1. The second-order valence-corrected chi connectivity index (χ2v) is 5.81. The van der Waals surface area contributed by atoms with Gasteiger partial charge in [0.2, 0.25) is 0 Å². The molecule has 2 aromatic rings. The van der Waals surface area contributed by atoms with Crippen LogP contribution in [0.2, 0.25) is 0 Å². The van der Waals surface area contributed by atoms with Crippen molar-refractivity contribution < 1.29 is 19.4 Å². The number of carboxylic acid groups (broad SMARTS) is 1. The Bertz CT molecular complexity index is 702. The van der Waals surface area contributed by atoms with Crippen molar-refractivity contribution in [1.82, 2.24) is 9.78 Å². The summed E-state index contributed by atoms with van der Waals surface area (Å²) < 4.78 is 6.37. The van der Waals surface area contributed by atoms with Crippen LogP contribution in [0.5, 0.6) is 0 Å². The molecule has 122 valence electrons. The number of rotatable bonds is 6. The fourth-order valence-corrected chi connectivity index (χ4v) is 2.24. The number of carbonyl (C=O) groups is 2. The Kier molecular flexibility index (Phi) is 4.83. The Morgan fingerprint density at radius 3 is 2.43 bits per heavy atom. The molecule has 0 radical (unpaired) electrons. The van der Waals surface area contributed by atoms with E-state index in [-0.39, 0.29) is 12.4 Å². The summed E-state index contributed by atoms with van der Waals surface area (Å²) in [5.41, 5.74) is 1.93. The molecule has 0 aliphatic heterocycles. The molecule has 1 heterocycles. The molecule has 0 spiro atoms. The lowest BCUT2D eigenvalue weighted by atomic mass is 10.0. The van der Waals surface area contributed by atoms with Gasteiger partial charge in [0.25, 0.3) is 0 Å². The maximum Gasteiger partial charge on any atom is 0.333 e. The average Bonchev–Trinajstić information content (AvgIpc) is 3.03. The van der Waals surface area contributed by atoms with Crippen LogP contribution in [0.4, 0.5) is 0 Å². The van der Waals surface area contributed by atoms with E-state index in [0.717, 1.165) is 16.7 Å². The van der Waals surface area contributed by atoms with Gasteiger partial charge in [-0.05, 0) is 31.4 Å². The van der Waals surface area contributed by atoms with E-state index in [4.69, 9.17) is 9.84 Å². The van der Waals surface area contributed by atoms with Crippen molar-refractivity contribution in [2.45, 2.75) is 32.2 Å². The molecule has 6 heteroatoms. The molecule has 0 bridgehead atoms. The van der Waals surface area contributed by atoms with Gasteiger partial charge in [0.1, 0.15) is 0 Å². The SMILES string of the molecule is COC(=O)C(C)(C)n1cc(-c2ccc(CCC(=O)O)cc2)cn1. The molecular weight excluding hydrogens is 296 g/mol. The number of nitrogens with zero attached hydrogens (tertiary/aromatic N) is 2. The van der Waals surface area contributed by atoms with Crippen molar-refractivity contribution >= 4 is 11.9 Å². The van der Waals surface area contributed by atoms with E-state index < -0.39 is 11.5 Å². The molecule has 6 nitrogen and oxygen atoms in total. The van der Waals surface area contributed by atoms with Crippen molar-refractivity contribution in [3.63, 3.8) is 0 Å². The van der Waals surface area contributed by atoms with E-state index in [9.17, 15) is 9.59 Å². The second-order valence-electron chi connectivity index (χ2n) is 5.81. The van der Waals surface area contributed by atoms with Gasteiger partial charge < -0.3 is 9.84 Å². The highest BCUT2D eigenvalue weighted by Gasteiger charge is 2.31. The lowest BCUT2D eigenvalue weighted by Gasteiger charge is -2.21. The number of ether oxygens (including phenoxy) is 1. The zero-order valence-corrected chi connectivity index (χ0v) is 13.4. The van der Waals surface area contributed by atoms with Crippen LogP contribution in [0, 0.1) is 0 Å². The lowest BCUT2D eigenvalue weighted by molar-refractivity contribution is -0.150. The molecule has 0 saturated carbocycles. The van der Waals surface area contributed by atoms with Gasteiger partial charge in [-0.3, -0.25) is 9.48 Å². The third-order valence-corrected chi connectivity index (χ3v) is 3.76. The third-order valence-electron chi connectivity index (χ3n) is 3.76. The smallest absolute Gasteiger partial charge is 0.333 e. The molecule has 0 atom stereocenters. The third kappa shape index (κ3) is 3.77. The summed E-state index contributed by atoms with van der Waals surface area (Å²) in [5.74, 6) is -1.17. The molecule has 0 aliphatic carbocycles. The molecule has 0 fully saturated rings. The number of esters is 1. The van der Waals surface area contributed by atoms with Crippen LogP contribution >= 0.6 is 0 Å². The lowest BCUT2D eigenvalue weighted by Crippen LogP contribution is -2.37. The Morgan fingerprint density at radius 1 is 1.22 bits per heavy atom. The predicted molar refractivity (Wildman–Crippen MR) is 85.0 cm³/mol. The van der Waals surface area contributed by atoms with Crippen molar-refractivity contribution in [3.8, 4) is 11.1 Å². The fourth-order valence-electron chi connectivity index (χ4n) is 2.24. The molecule has 23 heavy (non-hydrogen) atoms. The van der Waals surface area contributed by atoms with Crippen LogP contribution in [0.1, 0.15) is 25.8 Å². The van der Waals surface area contributed by atoms with Gasteiger partial charge in [0.05, 0.1) is 13.3 Å². The Balaban J connectivity index is 2.17. The maximum absolute atomic E-state index is 11.8. The van der Waals surface area contributed by atoms with Gasteiger partial charge in [-0.15, -0.1) is 0 Å². The van der Waals surface area contributed by atoms with Crippen molar-refractivity contribution in [2.24, 2.45) is 0 Å². The minimum absolute atomic E-state index is 0.116. The van der Waals surface area contributed by atoms with E-state index in [1.165, 1.54) is 7.11 Å². The van der Waals surface area contributed by atoms with Gasteiger partial charge >= 0.3 is 11.9 Å². The zero-order chi connectivity index (χ0) is 17.0. The first-order chi connectivity index (χ1) is 10.8. The van der Waals surface area contributed by atoms with E-state index in [2.05, 4.69) is 5.10 Å². The zero-order valence-electron chi connectivity index (χ0n) is 13.4. The molecule has 1 aromatic carbocycles. The molecule has 1 aromatic heterocycles. The maximum atomic E-state index is 11.8. The normalized spacial score (nSPS) is 11.3. The van der Waals surface area contributed by atoms with Crippen molar-refractivity contribution in [3.05, 3.63) is 42.2 Å². The number of aryl methyl sites for hydroxylation is 1. The number of carboxylic acids is 1. The summed E-state index contributed by atoms with van der Waals surface area (Å²) >= 11 is 0. The Labute approximate surface area is 134 Å². The van der Waals surface area contributed by atoms with E-state index >= 15 is 0 Å². The minimum atomic E-state index is -0.881. The van der Waals surface area contributed by atoms with Crippen LogP contribution in [-0.2, 0) is 26.3 Å². The highest BCUT2D eigenvalue weighted by Crippen LogP contribution is 2.23. The summed E-state index contributed by atoms with van der Waals surface area (Å²) in [6.45, 7) is 3.48. The van der Waals surface area contributed by atoms with Gasteiger partial charge in [-0.25, -0.2) is 4.79 Å². The van der Waals surface area contributed by atoms with Gasteiger partial charge in [0.15, 0.2) is 5.54 Å². The molecule has 2 rings (SSSR count). The van der Waals surface area contributed by atoms with Crippen LogP contribution in [0.3, 0.4) is 0 Å². The van der Waals surface area contributed by atoms with Crippen LogP contribution in [0.25, 0.3) is 11.1 Å². The van der Waals surface area contributed by atoms with E-state index in [0.29, 0.717) is 6.42 Å². The minimum Gasteiger partial charge on any atom is -0.481 e. The van der Waals surface area contributed by atoms with Gasteiger partial charge in [-0.2, -0.15) is 5.10 Å². The number of hydrogen-bond donors (Lipinski definition) is 1. The Hall–Kier alpha value is -2.63. The van der Waals surface area contributed by atoms with Crippen LogP contribution in [-0.4, -0.2) is 33.9 Å². The molecular formula is C17H20N2O4. The second kappa shape index (κ2) is 6.64. The Morgan fingerprint density at radius 2 is 1.87 bits per heavy atom. The first kappa shape index (κ1) is 16.7. The highest BCUT2D eigenvalue weighted by molar-refractivity contribution is 5.78. The summed E-state index contributed by atoms with van der Waals surface area (Å²) in [5, 5.41) is 13.0. The number of benzene rings is 1. The van der Waals surface area contributed by atoms with Crippen LogP contribution in [0.15, 0.2) is 36.7 Å². The van der Waals surface area contributed by atoms with E-state index in [1.807, 2.05) is 24.3 Å². The largest absolute Gasteiger partial charge is 0.481 e. The highest BCUT2D eigenvalue weighted by atomic mass is 16.5.